The van der Waals surface area contributed by atoms with Gasteiger partial charge in [-0.2, -0.15) is 0 Å². The van der Waals surface area contributed by atoms with Gasteiger partial charge in [-0.1, -0.05) is 238 Å². The fraction of sp³-hybridized carbons (Fsp3) is 0.211. The van der Waals surface area contributed by atoms with Crippen molar-refractivity contribution in [2.75, 3.05) is 0 Å². The van der Waals surface area contributed by atoms with Crippen molar-refractivity contribution in [3.05, 3.63) is 259 Å². The van der Waals surface area contributed by atoms with Crippen molar-refractivity contribution in [1.29, 1.82) is 0 Å². The first kappa shape index (κ1) is 65.4. The third-order valence-electron chi connectivity index (χ3n) is 18.0. The van der Waals surface area contributed by atoms with Crippen LogP contribution in [0.2, 0.25) is 0 Å². The van der Waals surface area contributed by atoms with Crippen molar-refractivity contribution in [1.82, 2.24) is 0 Å². The van der Waals surface area contributed by atoms with Crippen LogP contribution < -0.4 is 24.8 Å². The largest absolute Gasteiger partial charge is 2.00 e. The van der Waals surface area contributed by atoms with Gasteiger partial charge in [-0.15, -0.1) is 136 Å². The van der Waals surface area contributed by atoms with E-state index in [0.29, 0.717) is 0 Å². The maximum atomic E-state index is 2.33. The van der Waals surface area contributed by atoms with Gasteiger partial charge in [0.25, 0.3) is 0 Å². The van der Waals surface area contributed by atoms with Crippen LogP contribution in [-0.2, 0) is 52.4 Å². The van der Waals surface area contributed by atoms with Crippen LogP contribution in [0, 0.1) is 111 Å². The standard InChI is InChI=1S/4C19H19.2ClH.2Zr/c4*1-12-13(2)15(4)19-11-17(10-18(19)14(12)3)16-8-6-5-7-9-16;;;;/h4*5-11H,1-4H3;2*1H;;/q4*-1;;;2*+2/p-2. The molecule has 0 nitrogen and oxygen atoms in total. The van der Waals surface area contributed by atoms with E-state index in [0.717, 1.165) is 0 Å². The van der Waals surface area contributed by atoms with Crippen molar-refractivity contribution < 1.29 is 77.2 Å². The maximum Gasteiger partial charge on any atom is 2.00 e. The Morgan fingerprint density at radius 3 is 0.512 bits per heavy atom. The Kier molecular flexibility index (Phi) is 22.5. The zero-order valence-corrected chi connectivity index (χ0v) is 56.3. The second-order valence-corrected chi connectivity index (χ2v) is 21.7. The molecule has 80 heavy (non-hydrogen) atoms. The molecule has 0 saturated carbocycles. The van der Waals surface area contributed by atoms with Crippen molar-refractivity contribution in [2.24, 2.45) is 0 Å². The Morgan fingerprint density at radius 2 is 0.350 bits per heavy atom. The number of hydrogen-bond donors (Lipinski definition) is 0. The summed E-state index contributed by atoms with van der Waals surface area (Å²) in [4.78, 5) is 0. The molecule has 0 fully saturated rings. The molecule has 0 N–H and O–H groups in total. The van der Waals surface area contributed by atoms with E-state index in [-0.39, 0.29) is 77.2 Å². The molecule has 404 valence electrons. The topological polar surface area (TPSA) is 0 Å². The Balaban J connectivity index is 0.000000193. The molecule has 12 aromatic carbocycles. The summed E-state index contributed by atoms with van der Waals surface area (Å²) >= 11 is 0. The van der Waals surface area contributed by atoms with Crippen LogP contribution in [0.5, 0.6) is 0 Å². The second-order valence-electron chi connectivity index (χ2n) is 21.7. The Hall–Kier alpha value is -5.45. The first-order chi connectivity index (χ1) is 36.4. The average Bonchev–Trinajstić information content (AvgIpc) is 4.30. The van der Waals surface area contributed by atoms with E-state index in [4.69, 9.17) is 0 Å². The molecule has 0 aliphatic rings. The summed E-state index contributed by atoms with van der Waals surface area (Å²) in [6.07, 6.45) is 0. The first-order valence-corrected chi connectivity index (χ1v) is 27.3. The third-order valence-corrected chi connectivity index (χ3v) is 18.0. The molecule has 0 amide bonds. The summed E-state index contributed by atoms with van der Waals surface area (Å²) in [6, 6.07) is 61.2. The monoisotopic (exact) mass is 1240 g/mol. The summed E-state index contributed by atoms with van der Waals surface area (Å²) in [5.41, 5.74) is 33.2. The normalized spacial score (nSPS) is 10.6. The minimum absolute atomic E-state index is 0. The molecular formula is C76H76Cl2Zr2-2. The van der Waals surface area contributed by atoms with Crippen LogP contribution in [0.15, 0.2) is 170 Å². The molecule has 0 heterocycles. The van der Waals surface area contributed by atoms with Crippen molar-refractivity contribution >= 4 is 43.1 Å². The summed E-state index contributed by atoms with van der Waals surface area (Å²) in [5.74, 6) is 0. The molecule has 0 spiro atoms. The quantitative estimate of drug-likeness (QED) is 0.154. The summed E-state index contributed by atoms with van der Waals surface area (Å²) in [5, 5.41) is 11.2. The van der Waals surface area contributed by atoms with Gasteiger partial charge < -0.3 is 24.8 Å². The minimum atomic E-state index is 0. The van der Waals surface area contributed by atoms with E-state index in [9.17, 15) is 0 Å². The van der Waals surface area contributed by atoms with E-state index < -0.39 is 0 Å². The predicted octanol–water partition coefficient (Wildman–Crippen LogP) is 15.8. The van der Waals surface area contributed by atoms with Gasteiger partial charge in [-0.05, 0) is 83.1 Å². The molecule has 0 aliphatic heterocycles. The van der Waals surface area contributed by atoms with Crippen LogP contribution >= 0.6 is 0 Å². The Labute approximate surface area is 529 Å². The van der Waals surface area contributed by atoms with Gasteiger partial charge in [0.2, 0.25) is 0 Å². The Bertz CT molecular complexity index is 3350. The number of fused-ring (bicyclic) bond motifs is 4. The van der Waals surface area contributed by atoms with Gasteiger partial charge in [0.15, 0.2) is 0 Å². The number of halogens is 2. The van der Waals surface area contributed by atoms with E-state index in [2.05, 4.69) is 281 Å². The van der Waals surface area contributed by atoms with E-state index in [1.54, 1.807) is 0 Å². The first-order valence-electron chi connectivity index (χ1n) is 27.3. The van der Waals surface area contributed by atoms with Crippen LogP contribution in [0.1, 0.15) is 89.0 Å². The molecule has 0 unspecified atom stereocenters. The van der Waals surface area contributed by atoms with Crippen LogP contribution in [0.25, 0.3) is 87.6 Å². The maximum absolute atomic E-state index is 2.33. The minimum Gasteiger partial charge on any atom is -1.00 e. The van der Waals surface area contributed by atoms with E-state index >= 15 is 0 Å². The molecule has 0 radical (unpaired) electrons. The van der Waals surface area contributed by atoms with Gasteiger partial charge in [-0.3, -0.25) is 0 Å². The fourth-order valence-corrected chi connectivity index (χ4v) is 11.6. The number of aryl methyl sites for hydroxylation is 8. The number of hydrogen-bond acceptors (Lipinski definition) is 0. The van der Waals surface area contributed by atoms with E-state index in [1.165, 1.54) is 177 Å². The molecule has 0 atom stereocenters. The second kappa shape index (κ2) is 27.5. The zero-order chi connectivity index (χ0) is 54.3. The summed E-state index contributed by atoms with van der Waals surface area (Å²) < 4.78 is 0. The number of rotatable bonds is 4. The van der Waals surface area contributed by atoms with Crippen molar-refractivity contribution in [3.63, 3.8) is 0 Å². The van der Waals surface area contributed by atoms with Crippen LogP contribution in [0.4, 0.5) is 0 Å². The van der Waals surface area contributed by atoms with Gasteiger partial charge in [-0.25, -0.2) is 0 Å². The van der Waals surface area contributed by atoms with Gasteiger partial charge >= 0.3 is 52.4 Å². The predicted molar refractivity (Wildman–Crippen MR) is 336 cm³/mol. The SMILES string of the molecule is Cc1c(C)c(C)c2[cH-]c(-c3ccccc3)cc2c1C.Cc1c(C)c(C)c2[cH-]c(-c3ccccc3)cc2c1C.Cc1c(C)c(C)c2[cH-]c(-c3ccccc3)cc2c1C.Cc1c(C)c(C)c2[cH-]c(-c3ccccc3)cc2c1C.[Cl-].[Cl-].[Zr+2].[Zr+2]. The third kappa shape index (κ3) is 12.8. The number of benzene rings is 8. The van der Waals surface area contributed by atoms with Crippen LogP contribution in [0.3, 0.4) is 0 Å². The molecule has 4 heteroatoms. The van der Waals surface area contributed by atoms with Gasteiger partial charge in [0, 0.05) is 0 Å². The van der Waals surface area contributed by atoms with Gasteiger partial charge in [0.1, 0.15) is 0 Å². The summed E-state index contributed by atoms with van der Waals surface area (Å²) in [6.45, 7) is 35.7. The van der Waals surface area contributed by atoms with Crippen molar-refractivity contribution in [2.45, 2.75) is 111 Å². The molecule has 12 aromatic rings. The van der Waals surface area contributed by atoms with Crippen molar-refractivity contribution in [3.8, 4) is 44.5 Å². The molecule has 0 saturated heterocycles. The summed E-state index contributed by atoms with van der Waals surface area (Å²) in [7, 11) is 0. The van der Waals surface area contributed by atoms with Gasteiger partial charge in [0.05, 0.1) is 0 Å². The van der Waals surface area contributed by atoms with E-state index in [1.807, 2.05) is 0 Å². The average molecular weight is 1240 g/mol. The molecule has 12 rings (SSSR count). The molecule has 0 aliphatic carbocycles. The fourth-order valence-electron chi connectivity index (χ4n) is 11.6. The zero-order valence-electron chi connectivity index (χ0n) is 49.9. The molecular weight excluding hydrogens is 1170 g/mol. The van der Waals surface area contributed by atoms with Crippen LogP contribution in [-0.4, -0.2) is 0 Å². The molecule has 0 bridgehead atoms. The smallest absolute Gasteiger partial charge is 1.00 e. The molecule has 0 aromatic heterocycles. The Morgan fingerprint density at radius 1 is 0.200 bits per heavy atom.